The van der Waals surface area contributed by atoms with Gasteiger partial charge < -0.3 is 5.32 Å². The van der Waals surface area contributed by atoms with Gasteiger partial charge in [0.15, 0.2) is 5.78 Å². The van der Waals surface area contributed by atoms with E-state index < -0.39 is 0 Å². The van der Waals surface area contributed by atoms with Crippen molar-refractivity contribution in [2.75, 3.05) is 13.1 Å². The predicted molar refractivity (Wildman–Crippen MR) is 109 cm³/mol. The molecule has 2 N–H and O–H groups in total. The lowest BCUT2D eigenvalue weighted by Crippen LogP contribution is -2.30. The number of halogens is 1. The summed E-state index contributed by atoms with van der Waals surface area (Å²) in [7, 11) is 0. The molecule has 0 saturated carbocycles. The molecule has 5 nitrogen and oxygen atoms in total. The molecule has 27 heavy (non-hydrogen) atoms. The van der Waals surface area contributed by atoms with Crippen molar-refractivity contribution in [1.82, 2.24) is 15.1 Å². The van der Waals surface area contributed by atoms with E-state index in [1.807, 2.05) is 30.3 Å². The molecule has 0 spiro atoms. The van der Waals surface area contributed by atoms with Gasteiger partial charge in [0, 0.05) is 10.6 Å². The normalized spacial score (nSPS) is 11.1. The molecule has 0 unspecified atom stereocenters. The molecule has 2 aromatic carbocycles. The highest BCUT2D eigenvalue weighted by Crippen LogP contribution is 2.21. The second-order valence-corrected chi connectivity index (χ2v) is 7.23. The van der Waals surface area contributed by atoms with Gasteiger partial charge in [0.1, 0.15) is 5.56 Å². The maximum atomic E-state index is 13.0. The summed E-state index contributed by atoms with van der Waals surface area (Å²) < 4.78 is 1.38. The summed E-state index contributed by atoms with van der Waals surface area (Å²) in [5.74, 6) is 0.187. The van der Waals surface area contributed by atoms with E-state index in [9.17, 15) is 9.59 Å². The Labute approximate surface area is 163 Å². The van der Waals surface area contributed by atoms with E-state index in [4.69, 9.17) is 11.6 Å². The first kappa shape index (κ1) is 19.1. The van der Waals surface area contributed by atoms with Crippen LogP contribution in [0.15, 0.2) is 59.4 Å². The van der Waals surface area contributed by atoms with Gasteiger partial charge >= 0.3 is 0 Å². The monoisotopic (exact) mass is 383 g/mol. The first-order valence-corrected chi connectivity index (χ1v) is 9.25. The number of aromatic nitrogens is 2. The lowest BCUT2D eigenvalue weighted by Gasteiger charge is -2.06. The van der Waals surface area contributed by atoms with Crippen LogP contribution in [-0.2, 0) is 0 Å². The van der Waals surface area contributed by atoms with E-state index in [0.29, 0.717) is 28.9 Å². The fraction of sp³-hybridized carbons (Fsp3) is 0.238. The summed E-state index contributed by atoms with van der Waals surface area (Å²) >= 11 is 5.94. The molecule has 0 aliphatic carbocycles. The Kier molecular flexibility index (Phi) is 5.94. The molecule has 0 aliphatic rings. The molecule has 1 aromatic heterocycles. The number of hydrogen-bond acceptors (Lipinski definition) is 3. The van der Waals surface area contributed by atoms with E-state index in [1.54, 1.807) is 24.3 Å². The molecule has 6 heteroatoms. The van der Waals surface area contributed by atoms with Gasteiger partial charge in [-0.3, -0.25) is 14.7 Å². The summed E-state index contributed by atoms with van der Waals surface area (Å²) in [6, 6.07) is 16.3. The van der Waals surface area contributed by atoms with Crippen LogP contribution in [0.5, 0.6) is 0 Å². The number of benzene rings is 2. The molecule has 3 rings (SSSR count). The number of nitrogens with one attached hydrogen (secondary N) is 2. The third-order valence-corrected chi connectivity index (χ3v) is 4.41. The highest BCUT2D eigenvalue weighted by Gasteiger charge is 2.22. The number of Topliss-reactive ketones (excluding diaryl/α,β-unsaturated/α-hetero) is 1. The molecule has 0 fully saturated rings. The molecular formula is C21H22ClN3O2. The molecule has 0 radical (unpaired) electrons. The highest BCUT2D eigenvalue weighted by atomic mass is 35.5. The molecule has 1 heterocycles. The lowest BCUT2D eigenvalue weighted by atomic mass is 10.0. The molecule has 0 aliphatic heterocycles. The fourth-order valence-electron chi connectivity index (χ4n) is 2.84. The third kappa shape index (κ3) is 4.38. The number of aromatic amines is 1. The van der Waals surface area contributed by atoms with Crippen molar-refractivity contribution in [2.24, 2.45) is 5.92 Å². The fourth-order valence-corrected chi connectivity index (χ4v) is 2.97. The number of ketones is 1. The number of carbonyl (C=O) groups is 1. The molecule has 0 bridgehead atoms. The third-order valence-electron chi connectivity index (χ3n) is 4.15. The molecule has 0 amide bonds. The van der Waals surface area contributed by atoms with Crippen LogP contribution >= 0.6 is 11.6 Å². The molecule has 0 saturated heterocycles. The second-order valence-electron chi connectivity index (χ2n) is 6.79. The van der Waals surface area contributed by atoms with Crippen molar-refractivity contribution in [3.8, 4) is 16.9 Å². The first-order chi connectivity index (χ1) is 13.0. The minimum Gasteiger partial charge on any atom is -0.309 e. The molecule has 3 aromatic rings. The maximum absolute atomic E-state index is 13.0. The van der Waals surface area contributed by atoms with Gasteiger partial charge in [-0.1, -0.05) is 55.8 Å². The lowest BCUT2D eigenvalue weighted by molar-refractivity contribution is 0.0990. The molecule has 0 atom stereocenters. The van der Waals surface area contributed by atoms with E-state index in [1.165, 1.54) is 4.68 Å². The quantitative estimate of drug-likeness (QED) is 0.608. The zero-order chi connectivity index (χ0) is 19.4. The number of rotatable bonds is 7. The smallest absolute Gasteiger partial charge is 0.282 e. The van der Waals surface area contributed by atoms with Crippen molar-refractivity contribution >= 4 is 17.4 Å². The minimum atomic E-state index is -0.368. The Morgan fingerprint density at radius 3 is 2.41 bits per heavy atom. The van der Waals surface area contributed by atoms with Crippen LogP contribution in [0.1, 0.15) is 24.2 Å². The summed E-state index contributed by atoms with van der Waals surface area (Å²) in [6.45, 7) is 4.96. The Hall–Kier alpha value is -2.63. The van der Waals surface area contributed by atoms with Gasteiger partial charge in [-0.15, -0.1) is 0 Å². The minimum absolute atomic E-state index is 0.117. The van der Waals surface area contributed by atoms with Crippen LogP contribution in [0.25, 0.3) is 16.9 Å². The van der Waals surface area contributed by atoms with Crippen molar-refractivity contribution in [1.29, 1.82) is 0 Å². The van der Waals surface area contributed by atoms with Crippen LogP contribution in [0.4, 0.5) is 0 Å². The zero-order valence-corrected chi connectivity index (χ0v) is 16.1. The topological polar surface area (TPSA) is 66.9 Å². The van der Waals surface area contributed by atoms with Crippen LogP contribution in [0, 0.1) is 5.92 Å². The Balaban J connectivity index is 2.05. The maximum Gasteiger partial charge on any atom is 0.282 e. The Morgan fingerprint density at radius 1 is 1.11 bits per heavy atom. The largest absolute Gasteiger partial charge is 0.309 e. The van der Waals surface area contributed by atoms with Gasteiger partial charge in [-0.2, -0.15) is 0 Å². The van der Waals surface area contributed by atoms with Gasteiger partial charge in [-0.05, 0) is 36.7 Å². The summed E-state index contributed by atoms with van der Waals surface area (Å²) in [6.07, 6.45) is 0. The molecule has 140 valence electrons. The van der Waals surface area contributed by atoms with Crippen molar-refractivity contribution in [3.63, 3.8) is 0 Å². The van der Waals surface area contributed by atoms with Gasteiger partial charge in [0.25, 0.3) is 5.56 Å². The average molecular weight is 384 g/mol. The van der Waals surface area contributed by atoms with Crippen molar-refractivity contribution in [2.45, 2.75) is 13.8 Å². The Bertz CT molecular complexity index is 973. The van der Waals surface area contributed by atoms with Crippen LogP contribution in [0.2, 0.25) is 5.02 Å². The number of carbonyl (C=O) groups excluding carboxylic acids is 1. The summed E-state index contributed by atoms with van der Waals surface area (Å²) in [5.41, 5.74) is 1.72. The average Bonchev–Trinajstić information content (AvgIpc) is 3.00. The van der Waals surface area contributed by atoms with Crippen LogP contribution < -0.4 is 10.9 Å². The summed E-state index contributed by atoms with van der Waals surface area (Å²) in [5, 5.41) is 6.79. The number of nitrogens with zero attached hydrogens (tertiary/aromatic N) is 1. The SMILES string of the molecule is CC(C)CNCC(=O)c1c(-c2ccccc2)[nH]n(-c2ccc(Cl)cc2)c1=O. The van der Waals surface area contributed by atoms with E-state index in [-0.39, 0.29) is 23.5 Å². The van der Waals surface area contributed by atoms with Crippen LogP contribution in [0.3, 0.4) is 0 Å². The van der Waals surface area contributed by atoms with Gasteiger partial charge in [0.2, 0.25) is 0 Å². The number of H-pyrrole nitrogens is 1. The van der Waals surface area contributed by atoms with Gasteiger partial charge in [-0.25, -0.2) is 4.68 Å². The number of hydrogen-bond donors (Lipinski definition) is 2. The standard InChI is InChI=1S/C21H22ClN3O2/c1-14(2)12-23-13-18(26)19-20(15-6-4-3-5-7-15)24-25(21(19)27)17-10-8-16(22)9-11-17/h3-11,14,23-24H,12-13H2,1-2H3. The van der Waals surface area contributed by atoms with Crippen molar-refractivity contribution < 1.29 is 4.79 Å². The highest BCUT2D eigenvalue weighted by molar-refractivity contribution is 6.30. The van der Waals surface area contributed by atoms with E-state index in [2.05, 4.69) is 24.3 Å². The predicted octanol–water partition coefficient (Wildman–Crippen LogP) is 3.91. The van der Waals surface area contributed by atoms with E-state index >= 15 is 0 Å². The van der Waals surface area contributed by atoms with Crippen molar-refractivity contribution in [3.05, 3.63) is 75.5 Å². The van der Waals surface area contributed by atoms with Gasteiger partial charge in [0.05, 0.1) is 17.9 Å². The molecular weight excluding hydrogens is 362 g/mol. The van der Waals surface area contributed by atoms with E-state index in [0.717, 1.165) is 5.56 Å². The summed E-state index contributed by atoms with van der Waals surface area (Å²) in [4.78, 5) is 25.9. The second kappa shape index (κ2) is 8.37. The zero-order valence-electron chi connectivity index (χ0n) is 15.3. The van der Waals surface area contributed by atoms with Crippen LogP contribution in [-0.4, -0.2) is 28.7 Å². The Morgan fingerprint density at radius 2 is 1.78 bits per heavy atom. The first-order valence-electron chi connectivity index (χ1n) is 8.87.